The predicted molar refractivity (Wildman–Crippen MR) is 60.4 cm³/mol. The van der Waals surface area contributed by atoms with Gasteiger partial charge in [-0.3, -0.25) is 4.90 Å². The van der Waals surface area contributed by atoms with Gasteiger partial charge in [-0.25, -0.2) is 0 Å². The van der Waals surface area contributed by atoms with Crippen molar-refractivity contribution in [1.29, 1.82) is 0 Å². The lowest BCUT2D eigenvalue weighted by Crippen LogP contribution is -2.51. The largest absolute Gasteiger partial charge is 0.468 e. The molecule has 1 aliphatic carbocycles. The topological polar surface area (TPSA) is 42.4 Å². The van der Waals surface area contributed by atoms with Gasteiger partial charge in [-0.05, 0) is 44.9 Å². The van der Waals surface area contributed by atoms with E-state index in [-0.39, 0.29) is 5.54 Å². The molecule has 84 valence electrons. The highest BCUT2D eigenvalue weighted by atomic mass is 16.3. The summed E-state index contributed by atoms with van der Waals surface area (Å²) in [5, 5.41) is 0. The zero-order valence-corrected chi connectivity index (χ0v) is 9.57. The Labute approximate surface area is 91.2 Å². The molecule has 0 aromatic carbocycles. The highest BCUT2D eigenvalue weighted by Gasteiger charge is 2.43. The van der Waals surface area contributed by atoms with Gasteiger partial charge in [0.05, 0.1) is 12.8 Å². The van der Waals surface area contributed by atoms with Crippen LogP contribution in [0.5, 0.6) is 0 Å². The number of hydrogen-bond donors (Lipinski definition) is 1. The molecule has 1 atom stereocenters. The van der Waals surface area contributed by atoms with Crippen LogP contribution in [-0.2, 0) is 6.54 Å². The van der Waals surface area contributed by atoms with Crippen molar-refractivity contribution in [1.82, 2.24) is 4.90 Å². The summed E-state index contributed by atoms with van der Waals surface area (Å²) in [6.45, 7) is 3.82. The maximum Gasteiger partial charge on any atom is 0.117 e. The molecular formula is C12H20N2O. The van der Waals surface area contributed by atoms with Crippen LogP contribution in [0.15, 0.2) is 22.8 Å². The molecule has 1 fully saturated rings. The molecule has 0 aliphatic heterocycles. The Balaban J connectivity index is 2.02. The van der Waals surface area contributed by atoms with Gasteiger partial charge in [-0.2, -0.15) is 0 Å². The molecule has 1 saturated carbocycles. The second-order valence-corrected chi connectivity index (χ2v) is 4.77. The third-order valence-electron chi connectivity index (χ3n) is 3.72. The zero-order chi connectivity index (χ0) is 10.9. The molecule has 15 heavy (non-hydrogen) atoms. The minimum absolute atomic E-state index is 0.132. The molecule has 1 aromatic heterocycles. The average molecular weight is 208 g/mol. The first-order valence-corrected chi connectivity index (χ1v) is 5.60. The van der Waals surface area contributed by atoms with Gasteiger partial charge in [0.25, 0.3) is 0 Å². The molecule has 0 amide bonds. The van der Waals surface area contributed by atoms with E-state index in [2.05, 4.69) is 18.9 Å². The number of furan rings is 1. The quantitative estimate of drug-likeness (QED) is 0.803. The Kier molecular flexibility index (Phi) is 2.85. The predicted octanol–water partition coefficient (Wildman–Crippen LogP) is 1.84. The van der Waals surface area contributed by atoms with Gasteiger partial charge in [-0.1, -0.05) is 0 Å². The van der Waals surface area contributed by atoms with Crippen LogP contribution < -0.4 is 5.73 Å². The van der Waals surface area contributed by atoms with Gasteiger partial charge in [0, 0.05) is 12.1 Å². The van der Waals surface area contributed by atoms with Crippen molar-refractivity contribution < 1.29 is 4.42 Å². The lowest BCUT2D eigenvalue weighted by molar-refractivity contribution is 0.104. The molecule has 2 rings (SSSR count). The van der Waals surface area contributed by atoms with Crippen LogP contribution in [0, 0.1) is 5.92 Å². The van der Waals surface area contributed by atoms with Gasteiger partial charge in [0.15, 0.2) is 0 Å². The van der Waals surface area contributed by atoms with E-state index < -0.39 is 0 Å². The monoisotopic (exact) mass is 208 g/mol. The van der Waals surface area contributed by atoms with E-state index in [0.717, 1.165) is 24.8 Å². The fraction of sp³-hybridized carbons (Fsp3) is 0.667. The first-order valence-electron chi connectivity index (χ1n) is 5.60. The first kappa shape index (κ1) is 10.7. The average Bonchev–Trinajstić information content (AvgIpc) is 2.98. The summed E-state index contributed by atoms with van der Waals surface area (Å²) >= 11 is 0. The van der Waals surface area contributed by atoms with E-state index in [1.54, 1.807) is 6.26 Å². The Bertz CT molecular complexity index is 305. The number of rotatable bonds is 5. The molecule has 3 heteroatoms. The van der Waals surface area contributed by atoms with Crippen molar-refractivity contribution in [2.24, 2.45) is 11.7 Å². The first-order chi connectivity index (χ1) is 7.16. The third kappa shape index (κ3) is 2.08. The fourth-order valence-corrected chi connectivity index (χ4v) is 2.16. The van der Waals surface area contributed by atoms with Crippen molar-refractivity contribution in [2.75, 3.05) is 13.6 Å². The SMILES string of the molecule is CN(Cc1ccco1)C(C)(CN)C1CC1. The van der Waals surface area contributed by atoms with Gasteiger partial charge in [-0.15, -0.1) is 0 Å². The van der Waals surface area contributed by atoms with Gasteiger partial charge < -0.3 is 10.2 Å². The van der Waals surface area contributed by atoms with Crippen LogP contribution >= 0.6 is 0 Å². The standard InChI is InChI=1S/C12H20N2O/c1-12(9-13,10-5-6-10)14(2)8-11-4-3-7-15-11/h3-4,7,10H,5-6,8-9,13H2,1-2H3. The molecule has 2 N–H and O–H groups in total. The van der Waals surface area contributed by atoms with Crippen molar-refractivity contribution in [2.45, 2.75) is 31.8 Å². The van der Waals surface area contributed by atoms with Gasteiger partial charge >= 0.3 is 0 Å². The third-order valence-corrected chi connectivity index (χ3v) is 3.72. The van der Waals surface area contributed by atoms with Crippen molar-refractivity contribution >= 4 is 0 Å². The zero-order valence-electron chi connectivity index (χ0n) is 9.57. The van der Waals surface area contributed by atoms with Crippen LogP contribution in [-0.4, -0.2) is 24.0 Å². The maximum absolute atomic E-state index is 5.91. The van der Waals surface area contributed by atoms with Crippen LogP contribution in [0.3, 0.4) is 0 Å². The fourth-order valence-electron chi connectivity index (χ4n) is 2.16. The number of hydrogen-bond acceptors (Lipinski definition) is 3. The van der Waals surface area contributed by atoms with E-state index >= 15 is 0 Å². The molecule has 1 unspecified atom stereocenters. The summed E-state index contributed by atoms with van der Waals surface area (Å²) in [5.74, 6) is 1.78. The van der Waals surface area contributed by atoms with Crippen LogP contribution in [0.4, 0.5) is 0 Å². The van der Waals surface area contributed by atoms with Crippen molar-refractivity contribution in [3.05, 3.63) is 24.2 Å². The van der Waals surface area contributed by atoms with Crippen molar-refractivity contribution in [3.8, 4) is 0 Å². The second kappa shape index (κ2) is 3.99. The number of nitrogens with zero attached hydrogens (tertiary/aromatic N) is 1. The summed E-state index contributed by atoms with van der Waals surface area (Å²) in [7, 11) is 2.13. The molecule has 1 aliphatic rings. The number of nitrogens with two attached hydrogens (primary N) is 1. The smallest absolute Gasteiger partial charge is 0.117 e. The summed E-state index contributed by atoms with van der Waals surface area (Å²) in [6.07, 6.45) is 4.35. The van der Waals surface area contributed by atoms with E-state index in [1.807, 2.05) is 12.1 Å². The van der Waals surface area contributed by atoms with E-state index in [1.165, 1.54) is 12.8 Å². The van der Waals surface area contributed by atoms with Crippen LogP contribution in [0.2, 0.25) is 0 Å². The summed E-state index contributed by atoms with van der Waals surface area (Å²) in [6, 6.07) is 3.94. The van der Waals surface area contributed by atoms with Gasteiger partial charge in [0.2, 0.25) is 0 Å². The van der Waals surface area contributed by atoms with Crippen LogP contribution in [0.1, 0.15) is 25.5 Å². The minimum Gasteiger partial charge on any atom is -0.468 e. The molecular weight excluding hydrogens is 188 g/mol. The molecule has 0 saturated heterocycles. The molecule has 0 radical (unpaired) electrons. The van der Waals surface area contributed by atoms with E-state index in [4.69, 9.17) is 10.2 Å². The minimum atomic E-state index is 0.132. The lowest BCUT2D eigenvalue weighted by atomic mass is 9.94. The molecule has 1 heterocycles. The van der Waals surface area contributed by atoms with Crippen molar-refractivity contribution in [3.63, 3.8) is 0 Å². The number of likely N-dealkylation sites (N-methyl/N-ethyl adjacent to an activating group) is 1. The van der Waals surface area contributed by atoms with Crippen LogP contribution in [0.25, 0.3) is 0 Å². The Morgan fingerprint density at radius 2 is 2.33 bits per heavy atom. The summed E-state index contributed by atoms with van der Waals surface area (Å²) < 4.78 is 5.36. The second-order valence-electron chi connectivity index (χ2n) is 4.77. The summed E-state index contributed by atoms with van der Waals surface area (Å²) in [4.78, 5) is 2.32. The molecule has 0 spiro atoms. The molecule has 0 bridgehead atoms. The lowest BCUT2D eigenvalue weighted by Gasteiger charge is -2.38. The normalized spacial score (nSPS) is 20.5. The highest BCUT2D eigenvalue weighted by molar-refractivity contribution is 5.03. The van der Waals surface area contributed by atoms with E-state index in [0.29, 0.717) is 0 Å². The van der Waals surface area contributed by atoms with Gasteiger partial charge in [0.1, 0.15) is 5.76 Å². The molecule has 1 aromatic rings. The van der Waals surface area contributed by atoms with E-state index in [9.17, 15) is 0 Å². The maximum atomic E-state index is 5.91. The highest BCUT2D eigenvalue weighted by Crippen LogP contribution is 2.42. The Morgan fingerprint density at radius 1 is 1.60 bits per heavy atom. The summed E-state index contributed by atoms with van der Waals surface area (Å²) in [5.41, 5.74) is 6.04. The molecule has 3 nitrogen and oxygen atoms in total. The Hall–Kier alpha value is -0.800. The Morgan fingerprint density at radius 3 is 2.80 bits per heavy atom.